The van der Waals surface area contributed by atoms with Crippen LogP contribution >= 0.6 is 0 Å². The number of fused-ring (bicyclic) bond motifs is 1. The number of benzene rings is 1. The molecule has 4 rings (SSSR count). The molecule has 0 saturated carbocycles. The van der Waals surface area contributed by atoms with Crippen LogP contribution in [-0.4, -0.2) is 41.2 Å². The zero-order valence-electron chi connectivity index (χ0n) is 28.4. The molecule has 0 aliphatic carbocycles. The van der Waals surface area contributed by atoms with Crippen molar-refractivity contribution in [2.75, 3.05) is 23.3 Å². The number of ether oxygens (including phenoxy) is 1. The molecule has 0 amide bonds. The summed E-state index contributed by atoms with van der Waals surface area (Å²) in [6, 6.07) is 5.47. The molecule has 2 aliphatic heterocycles. The summed E-state index contributed by atoms with van der Waals surface area (Å²) in [4.78, 5) is 12.4. The molecule has 0 bridgehead atoms. The van der Waals surface area contributed by atoms with Crippen LogP contribution in [0.2, 0.25) is 0 Å². The number of amidine groups is 1. The highest BCUT2D eigenvalue weighted by molar-refractivity contribution is 6.08. The lowest BCUT2D eigenvalue weighted by atomic mass is 10.0. The van der Waals surface area contributed by atoms with Crippen LogP contribution in [0.5, 0.6) is 5.75 Å². The van der Waals surface area contributed by atoms with Gasteiger partial charge in [-0.05, 0) is 93.2 Å². The number of pyridine rings is 1. The van der Waals surface area contributed by atoms with Crippen molar-refractivity contribution in [3.8, 4) is 5.75 Å². The molecule has 1 N–H and O–H groups in total. The maximum Gasteiger partial charge on any atom is 0.156 e. The minimum absolute atomic E-state index is 0.0128. The molecule has 8 heteroatoms. The lowest BCUT2D eigenvalue weighted by Gasteiger charge is -2.26. The average molecular weight is 615 g/mol. The zero-order valence-corrected chi connectivity index (χ0v) is 28.4. The Morgan fingerprint density at radius 3 is 2.69 bits per heavy atom. The third kappa shape index (κ3) is 9.05. The number of aryl methyl sites for hydroxylation is 3. The number of hydrazone groups is 1. The largest absolute Gasteiger partial charge is 0.457 e. The predicted molar refractivity (Wildman–Crippen MR) is 187 cm³/mol. The number of nitrogens with zero attached hydrogens (tertiary/aromatic N) is 5. The molecule has 242 valence electrons. The summed E-state index contributed by atoms with van der Waals surface area (Å²) in [6.45, 7) is 18.8. The van der Waals surface area contributed by atoms with Crippen LogP contribution in [0.3, 0.4) is 0 Å². The fourth-order valence-electron chi connectivity index (χ4n) is 5.45. The van der Waals surface area contributed by atoms with Crippen LogP contribution in [-0.2, 0) is 6.42 Å². The number of rotatable bonds is 11. The van der Waals surface area contributed by atoms with Gasteiger partial charge in [0.25, 0.3) is 0 Å². The standard InChI is InChI=1S/C37H51FN6O/c1-9-11-16-39-36(35-28(7)19-30-14-13-26(5)24-43(17-12-10-2)37(30)42-35)41-33-20-27(6)34(22-32(33)38)45-31-15-18-44(29(8)21-31)40-23-25(3)4/h11,15-16,18-23,25-26,29H,9-10,12-14,17,24H2,1-8H3,(H,39,41)/b16-11+,40-23-. The Hall–Kier alpha value is -3.94. The Balaban J connectivity index is 1.62. The van der Waals surface area contributed by atoms with E-state index in [1.165, 1.54) is 11.6 Å². The second-order valence-electron chi connectivity index (χ2n) is 12.7. The Kier molecular flexibility index (Phi) is 12.0. The van der Waals surface area contributed by atoms with Crippen molar-refractivity contribution in [2.45, 2.75) is 93.5 Å². The van der Waals surface area contributed by atoms with Gasteiger partial charge in [0.2, 0.25) is 0 Å². The first kappa shape index (κ1) is 33.9. The minimum Gasteiger partial charge on any atom is -0.457 e. The Labute approximate surface area is 269 Å². The molecule has 45 heavy (non-hydrogen) atoms. The van der Waals surface area contributed by atoms with E-state index in [1.807, 2.05) is 49.5 Å². The van der Waals surface area contributed by atoms with Gasteiger partial charge in [-0.1, -0.05) is 53.2 Å². The van der Waals surface area contributed by atoms with Gasteiger partial charge in [0, 0.05) is 37.8 Å². The minimum atomic E-state index is -0.426. The summed E-state index contributed by atoms with van der Waals surface area (Å²) in [5.41, 5.74) is 4.16. The van der Waals surface area contributed by atoms with E-state index >= 15 is 4.39 Å². The summed E-state index contributed by atoms with van der Waals surface area (Å²) < 4.78 is 21.9. The summed E-state index contributed by atoms with van der Waals surface area (Å²) in [6.07, 6.45) is 16.6. The SMILES string of the molecule is CC/C=C/N=C(Nc1cc(C)c(OC2=CC(C)N(/N=C\C(C)C)C=C2)cc1F)c1nc2c(cc1C)CCC(C)CN2CCCC. The second-order valence-corrected chi connectivity index (χ2v) is 12.7. The molecule has 2 atom stereocenters. The highest BCUT2D eigenvalue weighted by Crippen LogP contribution is 2.31. The third-order valence-electron chi connectivity index (χ3n) is 8.02. The van der Waals surface area contributed by atoms with Crippen LogP contribution in [0, 0.1) is 31.5 Å². The lowest BCUT2D eigenvalue weighted by molar-refractivity contribution is 0.329. The van der Waals surface area contributed by atoms with Gasteiger partial charge in [-0.15, -0.1) is 0 Å². The van der Waals surface area contributed by atoms with Crippen molar-refractivity contribution in [3.05, 3.63) is 82.8 Å². The number of allylic oxidation sites excluding steroid dienone is 2. The zero-order chi connectivity index (χ0) is 32.5. The van der Waals surface area contributed by atoms with Crippen molar-refractivity contribution < 1.29 is 9.13 Å². The first-order valence-electron chi connectivity index (χ1n) is 16.6. The number of hydrogen-bond donors (Lipinski definition) is 1. The van der Waals surface area contributed by atoms with E-state index in [-0.39, 0.29) is 6.04 Å². The van der Waals surface area contributed by atoms with Gasteiger partial charge in [0.05, 0.1) is 11.7 Å². The molecular formula is C37H51FN6O. The van der Waals surface area contributed by atoms with E-state index in [9.17, 15) is 0 Å². The summed E-state index contributed by atoms with van der Waals surface area (Å²) in [5.74, 6) is 3.19. The normalized spacial score (nSPS) is 19.0. The van der Waals surface area contributed by atoms with Crippen molar-refractivity contribution in [1.82, 2.24) is 9.99 Å². The van der Waals surface area contributed by atoms with Crippen LogP contribution in [0.25, 0.3) is 0 Å². The van der Waals surface area contributed by atoms with E-state index in [1.54, 1.807) is 12.3 Å². The molecule has 0 saturated heterocycles. The quantitative estimate of drug-likeness (QED) is 0.202. The topological polar surface area (TPSA) is 65.4 Å². The number of aliphatic imine (C=N–C) groups is 1. The first-order valence-corrected chi connectivity index (χ1v) is 16.6. The van der Waals surface area contributed by atoms with Crippen molar-refractivity contribution in [3.63, 3.8) is 0 Å². The molecule has 3 heterocycles. The van der Waals surface area contributed by atoms with Crippen molar-refractivity contribution >= 4 is 23.6 Å². The van der Waals surface area contributed by atoms with Crippen LogP contribution in [0.1, 0.15) is 89.6 Å². The Morgan fingerprint density at radius 2 is 1.98 bits per heavy atom. The summed E-state index contributed by atoms with van der Waals surface area (Å²) >= 11 is 0. The molecule has 1 aromatic carbocycles. The van der Waals surface area contributed by atoms with Gasteiger partial charge < -0.3 is 15.0 Å². The molecule has 0 spiro atoms. The predicted octanol–water partition coefficient (Wildman–Crippen LogP) is 8.93. The number of unbranched alkanes of at least 4 members (excludes halogenated alkanes) is 1. The first-order chi connectivity index (χ1) is 21.6. The molecule has 2 aliphatic rings. The Morgan fingerprint density at radius 1 is 1.18 bits per heavy atom. The second kappa shape index (κ2) is 15.9. The molecule has 2 unspecified atom stereocenters. The third-order valence-corrected chi connectivity index (χ3v) is 8.02. The fraction of sp³-hybridized carbons (Fsp3) is 0.486. The number of anilines is 2. The lowest BCUT2D eigenvalue weighted by Crippen LogP contribution is -2.30. The maximum atomic E-state index is 15.7. The van der Waals surface area contributed by atoms with Gasteiger partial charge in [-0.25, -0.2) is 14.4 Å². The number of hydrogen-bond acceptors (Lipinski definition) is 6. The maximum absolute atomic E-state index is 15.7. The van der Waals surface area contributed by atoms with E-state index in [4.69, 9.17) is 14.7 Å². The summed E-state index contributed by atoms with van der Waals surface area (Å²) in [5, 5.41) is 9.69. The molecule has 0 radical (unpaired) electrons. The monoisotopic (exact) mass is 614 g/mol. The molecule has 7 nitrogen and oxygen atoms in total. The highest BCUT2D eigenvalue weighted by atomic mass is 19.1. The van der Waals surface area contributed by atoms with Crippen LogP contribution < -0.4 is 15.0 Å². The van der Waals surface area contributed by atoms with E-state index in [0.29, 0.717) is 34.9 Å². The van der Waals surface area contributed by atoms with Crippen molar-refractivity contribution in [1.29, 1.82) is 0 Å². The van der Waals surface area contributed by atoms with Crippen LogP contribution in [0.15, 0.2) is 64.7 Å². The number of halogens is 1. The van der Waals surface area contributed by atoms with Gasteiger partial charge in [0.15, 0.2) is 5.84 Å². The molecule has 0 fully saturated rings. The fourth-order valence-corrected chi connectivity index (χ4v) is 5.45. The van der Waals surface area contributed by atoms with Crippen molar-refractivity contribution in [2.24, 2.45) is 21.9 Å². The number of nitrogens with one attached hydrogen (secondary N) is 1. The van der Waals surface area contributed by atoms with E-state index in [2.05, 4.69) is 62.9 Å². The van der Waals surface area contributed by atoms with E-state index in [0.717, 1.165) is 67.8 Å². The number of aromatic nitrogens is 1. The average Bonchev–Trinajstić information content (AvgIpc) is 3.14. The van der Waals surface area contributed by atoms with Gasteiger partial charge >= 0.3 is 0 Å². The Bertz CT molecular complexity index is 1470. The molecule has 2 aromatic rings. The van der Waals surface area contributed by atoms with E-state index < -0.39 is 5.82 Å². The van der Waals surface area contributed by atoms with Crippen LogP contribution in [0.4, 0.5) is 15.9 Å². The smallest absolute Gasteiger partial charge is 0.156 e. The molecule has 1 aromatic heterocycles. The van der Waals surface area contributed by atoms with Gasteiger partial charge in [0.1, 0.15) is 28.8 Å². The van der Waals surface area contributed by atoms with Gasteiger partial charge in [-0.2, -0.15) is 5.10 Å². The summed E-state index contributed by atoms with van der Waals surface area (Å²) in [7, 11) is 0. The highest BCUT2D eigenvalue weighted by Gasteiger charge is 2.24. The van der Waals surface area contributed by atoms with Gasteiger partial charge in [-0.3, -0.25) is 5.01 Å². The molecular weight excluding hydrogens is 563 g/mol.